The van der Waals surface area contributed by atoms with Gasteiger partial charge in [-0.25, -0.2) is 0 Å². The van der Waals surface area contributed by atoms with Crippen LogP contribution in [0, 0.1) is 0 Å². The van der Waals surface area contributed by atoms with Crippen LogP contribution in [0.15, 0.2) is 35.6 Å². The first-order valence-corrected chi connectivity index (χ1v) is 7.68. The quantitative estimate of drug-likeness (QED) is 0.443. The summed E-state index contributed by atoms with van der Waals surface area (Å²) in [5.41, 5.74) is 3.69. The number of carbonyl (C=O) groups excluding carboxylic acids is 2. The lowest BCUT2D eigenvalue weighted by atomic mass is 10.1. The molecule has 0 bridgehead atoms. The first-order valence-electron chi connectivity index (χ1n) is 7.68. The Kier molecular flexibility index (Phi) is 9.03. The average Bonchev–Trinajstić information content (AvgIpc) is 3.09. The second-order valence-corrected chi connectivity index (χ2v) is 5.06. The largest absolute Gasteiger partial charge is 0.345 e. The maximum Gasteiger partial charge on any atom is 0.225 e. The molecular weight excluding hydrogens is 306 g/mol. The summed E-state index contributed by atoms with van der Waals surface area (Å²) in [6, 6.07) is 6.32. The maximum atomic E-state index is 11.4. The van der Waals surface area contributed by atoms with Crippen LogP contribution in [0.2, 0.25) is 0 Å². The van der Waals surface area contributed by atoms with Crippen molar-refractivity contribution in [2.24, 2.45) is 4.99 Å². The van der Waals surface area contributed by atoms with Crippen LogP contribution in [0.4, 0.5) is 0 Å². The van der Waals surface area contributed by atoms with Gasteiger partial charge in [0.2, 0.25) is 5.91 Å². The van der Waals surface area contributed by atoms with Gasteiger partial charge in [-0.3, -0.25) is 9.79 Å². The fraction of sp³-hybridized carbons (Fsp3) is 0.353. The minimum atomic E-state index is -0.0222. The van der Waals surface area contributed by atoms with E-state index in [-0.39, 0.29) is 5.91 Å². The Morgan fingerprint density at radius 1 is 1.25 bits per heavy atom. The zero-order valence-corrected chi connectivity index (χ0v) is 14.2. The van der Waals surface area contributed by atoms with Gasteiger partial charge in [-0.15, -0.1) is 0 Å². The second-order valence-electron chi connectivity index (χ2n) is 5.06. The molecule has 1 amide bonds. The number of benzene rings is 1. The lowest BCUT2D eigenvalue weighted by Gasteiger charge is -2.08. The monoisotopic (exact) mass is 331 g/mol. The molecule has 1 aromatic carbocycles. The van der Waals surface area contributed by atoms with Crippen molar-refractivity contribution in [2.45, 2.75) is 19.5 Å². The van der Waals surface area contributed by atoms with Crippen LogP contribution in [-0.2, 0) is 22.7 Å². The summed E-state index contributed by atoms with van der Waals surface area (Å²) >= 11 is 0. The molecule has 0 fully saturated rings. The van der Waals surface area contributed by atoms with Gasteiger partial charge in [0.1, 0.15) is 12.6 Å². The molecule has 1 aliphatic heterocycles. The summed E-state index contributed by atoms with van der Waals surface area (Å²) in [4.78, 5) is 23.7. The molecular formula is C17H25N5O2. The van der Waals surface area contributed by atoms with E-state index in [1.165, 1.54) is 11.1 Å². The van der Waals surface area contributed by atoms with E-state index in [9.17, 15) is 4.79 Å². The zero-order chi connectivity index (χ0) is 17.8. The second kappa shape index (κ2) is 11.1. The summed E-state index contributed by atoms with van der Waals surface area (Å²) < 4.78 is 0. The molecule has 0 aromatic heterocycles. The van der Waals surface area contributed by atoms with Gasteiger partial charge >= 0.3 is 0 Å². The van der Waals surface area contributed by atoms with E-state index >= 15 is 0 Å². The van der Waals surface area contributed by atoms with Gasteiger partial charge in [0, 0.05) is 51.1 Å². The third-order valence-electron chi connectivity index (χ3n) is 3.48. The molecule has 7 heteroatoms. The molecule has 0 aliphatic carbocycles. The molecule has 0 atom stereocenters. The van der Waals surface area contributed by atoms with E-state index in [4.69, 9.17) is 4.79 Å². The topological polar surface area (TPSA) is 94.6 Å². The van der Waals surface area contributed by atoms with Crippen molar-refractivity contribution < 1.29 is 9.59 Å². The van der Waals surface area contributed by atoms with Gasteiger partial charge in [-0.05, 0) is 24.2 Å². The number of hydrogen-bond donors (Lipinski definition) is 4. The zero-order valence-electron chi connectivity index (χ0n) is 14.2. The van der Waals surface area contributed by atoms with Crippen molar-refractivity contribution >= 4 is 18.5 Å². The Morgan fingerprint density at radius 3 is 2.67 bits per heavy atom. The van der Waals surface area contributed by atoms with Gasteiger partial charge in [-0.2, -0.15) is 0 Å². The van der Waals surface area contributed by atoms with Gasteiger partial charge in [0.25, 0.3) is 0 Å². The van der Waals surface area contributed by atoms with Crippen molar-refractivity contribution in [2.75, 3.05) is 20.6 Å². The molecule has 24 heavy (non-hydrogen) atoms. The number of carbonyl (C=O) groups is 2. The summed E-state index contributed by atoms with van der Waals surface area (Å²) in [5.74, 6) is 0.751. The minimum Gasteiger partial charge on any atom is -0.345 e. The molecule has 7 nitrogen and oxygen atoms in total. The summed E-state index contributed by atoms with van der Waals surface area (Å²) in [6.07, 6.45) is 3.73. The number of aliphatic imine (C=N–C) groups is 1. The van der Waals surface area contributed by atoms with Crippen LogP contribution in [0.3, 0.4) is 0 Å². The first-order chi connectivity index (χ1) is 11.7. The van der Waals surface area contributed by atoms with Crippen LogP contribution >= 0.6 is 0 Å². The van der Waals surface area contributed by atoms with Crippen molar-refractivity contribution in [1.29, 1.82) is 0 Å². The highest BCUT2D eigenvalue weighted by Gasteiger charge is 2.11. The third kappa shape index (κ3) is 5.94. The molecule has 1 aliphatic rings. The van der Waals surface area contributed by atoms with Crippen molar-refractivity contribution in [1.82, 2.24) is 21.3 Å². The fourth-order valence-corrected chi connectivity index (χ4v) is 2.28. The Morgan fingerprint density at radius 2 is 1.96 bits per heavy atom. The smallest absolute Gasteiger partial charge is 0.225 e. The van der Waals surface area contributed by atoms with Crippen molar-refractivity contribution in [3.8, 4) is 0 Å². The number of hydrogen-bond acceptors (Lipinski definition) is 5. The van der Waals surface area contributed by atoms with Crippen LogP contribution in [-0.4, -0.2) is 39.2 Å². The molecule has 0 radical (unpaired) electrons. The van der Waals surface area contributed by atoms with Crippen LogP contribution in [0.1, 0.15) is 23.1 Å². The number of amidine groups is 1. The molecule has 0 saturated heterocycles. The SMILES string of the molecule is C=O.CN=C(N/C=C/NC(=O)CCNC)c1ccc2c(c1)CNC2. The van der Waals surface area contributed by atoms with Gasteiger partial charge < -0.3 is 26.1 Å². The Balaban J connectivity index is 0.00000139. The predicted octanol–water partition coefficient (Wildman–Crippen LogP) is 0.268. The molecule has 1 aromatic rings. The summed E-state index contributed by atoms with van der Waals surface area (Å²) in [5, 5.41) is 12.1. The lowest BCUT2D eigenvalue weighted by molar-refractivity contribution is -0.120. The third-order valence-corrected chi connectivity index (χ3v) is 3.48. The predicted molar refractivity (Wildman–Crippen MR) is 95.5 cm³/mol. The van der Waals surface area contributed by atoms with E-state index in [1.54, 1.807) is 19.4 Å². The van der Waals surface area contributed by atoms with Crippen LogP contribution in [0.25, 0.3) is 0 Å². The first kappa shape index (κ1) is 19.5. The molecule has 0 unspecified atom stereocenters. The lowest BCUT2D eigenvalue weighted by Crippen LogP contribution is -2.24. The number of rotatable bonds is 6. The Hall–Kier alpha value is -2.51. The maximum absolute atomic E-state index is 11.4. The average molecular weight is 331 g/mol. The van der Waals surface area contributed by atoms with E-state index in [0.717, 1.165) is 24.5 Å². The number of amides is 1. The van der Waals surface area contributed by atoms with Gasteiger partial charge in [0.15, 0.2) is 0 Å². The summed E-state index contributed by atoms with van der Waals surface area (Å²) in [6.45, 7) is 4.50. The minimum absolute atomic E-state index is 0.0222. The van der Waals surface area contributed by atoms with E-state index in [0.29, 0.717) is 13.0 Å². The summed E-state index contributed by atoms with van der Waals surface area (Å²) in [7, 11) is 3.56. The van der Waals surface area contributed by atoms with Gasteiger partial charge in [-0.1, -0.05) is 12.1 Å². The number of nitrogens with one attached hydrogen (secondary N) is 4. The highest BCUT2D eigenvalue weighted by Crippen LogP contribution is 2.17. The standard InChI is InChI=1S/C16H23N5O.CH2O/c1-17-6-5-15(22)20-7-8-21-16(18-2)12-3-4-13-10-19-11-14(13)9-12;1-2/h3-4,7-9,17,19H,5-6,10-11H2,1-2H3,(H,18,21)(H,20,22);1H2/b8-7+;. The van der Waals surface area contributed by atoms with Gasteiger partial charge in [0.05, 0.1) is 0 Å². The highest BCUT2D eigenvalue weighted by molar-refractivity contribution is 5.99. The highest BCUT2D eigenvalue weighted by atomic mass is 16.1. The molecule has 130 valence electrons. The molecule has 4 N–H and O–H groups in total. The molecule has 2 rings (SSSR count). The van der Waals surface area contributed by atoms with E-state index in [1.807, 2.05) is 13.8 Å². The van der Waals surface area contributed by atoms with Crippen LogP contribution < -0.4 is 21.3 Å². The fourth-order valence-electron chi connectivity index (χ4n) is 2.28. The molecule has 0 saturated carbocycles. The van der Waals surface area contributed by atoms with Crippen molar-refractivity contribution in [3.05, 3.63) is 47.3 Å². The molecule has 1 heterocycles. The Bertz CT molecular complexity index is 599. The number of nitrogens with zero attached hydrogens (tertiary/aromatic N) is 1. The number of fused-ring (bicyclic) bond motifs is 1. The van der Waals surface area contributed by atoms with E-state index in [2.05, 4.69) is 44.5 Å². The molecule has 0 spiro atoms. The van der Waals surface area contributed by atoms with Crippen LogP contribution in [0.5, 0.6) is 0 Å². The van der Waals surface area contributed by atoms with E-state index < -0.39 is 0 Å². The van der Waals surface area contributed by atoms with Crippen molar-refractivity contribution in [3.63, 3.8) is 0 Å². The normalized spacial score (nSPS) is 13.2. The Labute approximate surface area is 142 Å².